The van der Waals surface area contributed by atoms with Crippen LogP contribution in [-0.4, -0.2) is 18.8 Å². The molecule has 0 bridgehead atoms. The van der Waals surface area contributed by atoms with Gasteiger partial charge in [0.15, 0.2) is 0 Å². The predicted molar refractivity (Wildman–Crippen MR) is 79.9 cm³/mol. The number of nitrogens with zero attached hydrogens (tertiary/aromatic N) is 1. The highest BCUT2D eigenvalue weighted by atomic mass is 35.5. The fourth-order valence-corrected chi connectivity index (χ4v) is 2.71. The Labute approximate surface area is 131 Å². The standard InChI is InChI=1S/C16H11ClFNO3/c1-22-12-7-6-10(17)13-14(12)19(16(21)15(13)20)8-9-4-2-3-5-11(9)18/h2-7H,8H2,1H3. The van der Waals surface area contributed by atoms with E-state index in [0.29, 0.717) is 11.3 Å². The summed E-state index contributed by atoms with van der Waals surface area (Å²) in [5, 5.41) is 0.171. The molecular formula is C16H11ClFNO3. The predicted octanol–water partition coefficient (Wildman–Crippen LogP) is 3.22. The first-order valence-corrected chi connectivity index (χ1v) is 6.88. The molecule has 112 valence electrons. The third kappa shape index (κ3) is 2.14. The monoisotopic (exact) mass is 319 g/mol. The number of ketones is 1. The van der Waals surface area contributed by atoms with Crippen LogP contribution < -0.4 is 9.64 Å². The number of halogens is 2. The first kappa shape index (κ1) is 14.5. The molecule has 6 heteroatoms. The van der Waals surface area contributed by atoms with Gasteiger partial charge >= 0.3 is 0 Å². The quantitative estimate of drug-likeness (QED) is 0.816. The van der Waals surface area contributed by atoms with Gasteiger partial charge in [0, 0.05) is 5.56 Å². The SMILES string of the molecule is COc1ccc(Cl)c2c1N(Cc1ccccc1F)C(=O)C2=O. The summed E-state index contributed by atoms with van der Waals surface area (Å²) in [5.74, 6) is -1.56. The van der Waals surface area contributed by atoms with Crippen LogP contribution in [0.3, 0.4) is 0 Å². The van der Waals surface area contributed by atoms with Crippen molar-refractivity contribution < 1.29 is 18.7 Å². The van der Waals surface area contributed by atoms with E-state index in [9.17, 15) is 14.0 Å². The lowest BCUT2D eigenvalue weighted by Crippen LogP contribution is -2.29. The number of carbonyl (C=O) groups excluding carboxylic acids is 2. The number of anilines is 1. The molecule has 1 heterocycles. The van der Waals surface area contributed by atoms with Crippen LogP contribution in [0.15, 0.2) is 36.4 Å². The zero-order chi connectivity index (χ0) is 15.9. The number of carbonyl (C=O) groups is 2. The van der Waals surface area contributed by atoms with Gasteiger partial charge in [0.2, 0.25) is 0 Å². The average Bonchev–Trinajstić information content (AvgIpc) is 2.76. The Morgan fingerprint density at radius 2 is 1.91 bits per heavy atom. The summed E-state index contributed by atoms with van der Waals surface area (Å²) in [6.07, 6.45) is 0. The highest BCUT2D eigenvalue weighted by Crippen LogP contribution is 2.42. The van der Waals surface area contributed by atoms with Crippen LogP contribution in [0.2, 0.25) is 5.02 Å². The van der Waals surface area contributed by atoms with Crippen molar-refractivity contribution in [3.63, 3.8) is 0 Å². The van der Waals surface area contributed by atoms with E-state index in [1.54, 1.807) is 24.3 Å². The van der Waals surface area contributed by atoms with Gasteiger partial charge in [0.05, 0.1) is 29.9 Å². The van der Waals surface area contributed by atoms with Gasteiger partial charge < -0.3 is 4.74 Å². The highest BCUT2D eigenvalue weighted by molar-refractivity contribution is 6.55. The van der Waals surface area contributed by atoms with Crippen LogP contribution in [0.25, 0.3) is 0 Å². The molecule has 0 spiro atoms. The van der Waals surface area contributed by atoms with E-state index >= 15 is 0 Å². The summed E-state index contributed by atoms with van der Waals surface area (Å²) in [7, 11) is 1.43. The Balaban J connectivity index is 2.12. The molecule has 0 atom stereocenters. The molecule has 2 aromatic rings. The van der Waals surface area contributed by atoms with Gasteiger partial charge in [-0.3, -0.25) is 14.5 Å². The maximum atomic E-state index is 13.8. The number of Topliss-reactive ketones (excluding diaryl/α,β-unsaturated/α-hetero) is 1. The molecule has 1 amide bonds. The van der Waals surface area contributed by atoms with Crippen LogP contribution in [0.5, 0.6) is 5.75 Å². The first-order valence-electron chi connectivity index (χ1n) is 6.50. The van der Waals surface area contributed by atoms with Crippen molar-refractivity contribution in [3.05, 3.63) is 58.4 Å². The van der Waals surface area contributed by atoms with Gasteiger partial charge in [-0.2, -0.15) is 0 Å². The molecule has 0 saturated heterocycles. The molecule has 0 unspecified atom stereocenters. The first-order chi connectivity index (χ1) is 10.5. The van der Waals surface area contributed by atoms with Crippen molar-refractivity contribution in [1.82, 2.24) is 0 Å². The molecule has 0 aromatic heterocycles. The Hall–Kier alpha value is -2.40. The van der Waals surface area contributed by atoms with Crippen molar-refractivity contribution in [2.24, 2.45) is 0 Å². The second-order valence-corrected chi connectivity index (χ2v) is 5.19. The summed E-state index contributed by atoms with van der Waals surface area (Å²) in [5.41, 5.74) is 0.689. The van der Waals surface area contributed by atoms with E-state index in [1.165, 1.54) is 24.1 Å². The minimum absolute atomic E-state index is 0.0685. The van der Waals surface area contributed by atoms with Crippen molar-refractivity contribution >= 4 is 29.0 Å². The number of amides is 1. The Bertz CT molecular complexity index is 791. The van der Waals surface area contributed by atoms with Crippen LogP contribution in [0.4, 0.5) is 10.1 Å². The molecule has 22 heavy (non-hydrogen) atoms. The second-order valence-electron chi connectivity index (χ2n) is 4.79. The largest absolute Gasteiger partial charge is 0.495 e. The highest BCUT2D eigenvalue weighted by Gasteiger charge is 2.40. The second kappa shape index (κ2) is 5.42. The topological polar surface area (TPSA) is 46.6 Å². The number of fused-ring (bicyclic) bond motifs is 1. The number of methoxy groups -OCH3 is 1. The fourth-order valence-electron chi connectivity index (χ4n) is 2.47. The smallest absolute Gasteiger partial charge is 0.299 e. The number of benzene rings is 2. The van der Waals surface area contributed by atoms with E-state index in [2.05, 4.69) is 0 Å². The van der Waals surface area contributed by atoms with Crippen LogP contribution in [0, 0.1) is 5.82 Å². The Morgan fingerprint density at radius 1 is 1.18 bits per heavy atom. The lowest BCUT2D eigenvalue weighted by atomic mass is 10.1. The number of ether oxygens (including phenoxy) is 1. The molecule has 0 aliphatic carbocycles. The third-order valence-electron chi connectivity index (χ3n) is 3.53. The fraction of sp³-hybridized carbons (Fsp3) is 0.125. The van der Waals surface area contributed by atoms with Gasteiger partial charge in [-0.1, -0.05) is 29.8 Å². The van der Waals surface area contributed by atoms with E-state index in [1.807, 2.05) is 0 Å². The molecule has 0 fully saturated rings. The van der Waals surface area contributed by atoms with E-state index < -0.39 is 17.5 Å². The lowest BCUT2D eigenvalue weighted by Gasteiger charge is -2.19. The van der Waals surface area contributed by atoms with Gasteiger partial charge in [-0.25, -0.2) is 4.39 Å². The average molecular weight is 320 g/mol. The third-order valence-corrected chi connectivity index (χ3v) is 3.85. The van der Waals surface area contributed by atoms with Gasteiger partial charge in [0.25, 0.3) is 11.7 Å². The summed E-state index contributed by atoms with van der Waals surface area (Å²) in [4.78, 5) is 25.6. The molecule has 1 aliphatic heterocycles. The molecule has 0 saturated carbocycles. The Kier molecular flexibility index (Phi) is 3.58. The maximum Gasteiger partial charge on any atom is 0.299 e. The van der Waals surface area contributed by atoms with Crippen LogP contribution >= 0.6 is 11.6 Å². The summed E-state index contributed by atoms with van der Waals surface area (Å²) >= 11 is 6.03. The van der Waals surface area contributed by atoms with Gasteiger partial charge in [-0.15, -0.1) is 0 Å². The van der Waals surface area contributed by atoms with E-state index in [0.717, 1.165) is 0 Å². The van der Waals surface area contributed by atoms with Gasteiger partial charge in [0.1, 0.15) is 11.6 Å². The summed E-state index contributed by atoms with van der Waals surface area (Å²) < 4.78 is 19.0. The molecule has 2 aromatic carbocycles. The van der Waals surface area contributed by atoms with Crippen LogP contribution in [0.1, 0.15) is 15.9 Å². The van der Waals surface area contributed by atoms with E-state index in [4.69, 9.17) is 16.3 Å². The molecule has 3 rings (SSSR count). The Morgan fingerprint density at radius 3 is 2.59 bits per heavy atom. The number of hydrogen-bond acceptors (Lipinski definition) is 3. The number of hydrogen-bond donors (Lipinski definition) is 0. The van der Waals surface area contributed by atoms with Crippen molar-refractivity contribution in [1.29, 1.82) is 0 Å². The normalized spacial score (nSPS) is 13.5. The number of rotatable bonds is 3. The molecular weight excluding hydrogens is 309 g/mol. The minimum atomic E-state index is -0.746. The maximum absolute atomic E-state index is 13.8. The molecule has 0 N–H and O–H groups in total. The van der Waals surface area contributed by atoms with Gasteiger partial charge in [-0.05, 0) is 18.2 Å². The minimum Gasteiger partial charge on any atom is -0.495 e. The van der Waals surface area contributed by atoms with E-state index in [-0.39, 0.29) is 22.8 Å². The summed E-state index contributed by atoms with van der Waals surface area (Å²) in [6, 6.07) is 9.15. The molecule has 1 aliphatic rings. The van der Waals surface area contributed by atoms with Crippen molar-refractivity contribution in [2.45, 2.75) is 6.54 Å². The van der Waals surface area contributed by atoms with Crippen molar-refractivity contribution in [2.75, 3.05) is 12.0 Å². The molecule has 4 nitrogen and oxygen atoms in total. The zero-order valence-corrected chi connectivity index (χ0v) is 12.4. The van der Waals surface area contributed by atoms with Crippen molar-refractivity contribution in [3.8, 4) is 5.75 Å². The zero-order valence-electron chi connectivity index (χ0n) is 11.6. The lowest BCUT2D eigenvalue weighted by molar-refractivity contribution is -0.114. The summed E-state index contributed by atoms with van der Waals surface area (Å²) in [6.45, 7) is -0.0685. The molecule has 0 radical (unpaired) electrons. The van der Waals surface area contributed by atoms with Crippen LogP contribution in [-0.2, 0) is 11.3 Å².